The Kier molecular flexibility index (Phi) is 5.36. The molecule has 1 atom stereocenters. The zero-order valence-electron chi connectivity index (χ0n) is 9.44. The molecule has 3 N–H and O–H groups in total. The smallest absolute Gasteiger partial charge is 0.315 e. The van der Waals surface area contributed by atoms with Crippen molar-refractivity contribution < 1.29 is 9.90 Å². The first-order valence-electron chi connectivity index (χ1n) is 5.48. The molecule has 0 aliphatic heterocycles. The maximum atomic E-state index is 11.4. The second kappa shape index (κ2) is 6.85. The van der Waals surface area contributed by atoms with Crippen molar-refractivity contribution >= 4 is 6.03 Å². The lowest BCUT2D eigenvalue weighted by Gasteiger charge is -2.16. The number of carbonyl (C=O) groups is 1. The largest absolute Gasteiger partial charge is 0.394 e. The van der Waals surface area contributed by atoms with Gasteiger partial charge in [-0.3, -0.25) is 0 Å². The first-order valence-corrected chi connectivity index (χ1v) is 5.48. The van der Waals surface area contributed by atoms with Crippen LogP contribution in [-0.4, -0.2) is 24.3 Å². The Bertz CT molecular complexity index is 314. The van der Waals surface area contributed by atoms with Gasteiger partial charge >= 0.3 is 6.03 Å². The highest BCUT2D eigenvalue weighted by atomic mass is 16.3. The predicted octanol–water partition coefficient (Wildman–Crippen LogP) is 1.43. The fourth-order valence-corrected chi connectivity index (χ4v) is 1.37. The van der Waals surface area contributed by atoms with Gasteiger partial charge in [-0.05, 0) is 12.0 Å². The fraction of sp³-hybridized carbons (Fsp3) is 0.417. The number of aliphatic hydroxyl groups is 1. The summed E-state index contributed by atoms with van der Waals surface area (Å²) >= 11 is 0. The SMILES string of the molecule is CCCNC(=O)N[C@@H](CO)c1ccccc1. The van der Waals surface area contributed by atoms with Crippen molar-refractivity contribution in [3.63, 3.8) is 0 Å². The van der Waals surface area contributed by atoms with Gasteiger partial charge in [-0.25, -0.2) is 4.79 Å². The average molecular weight is 222 g/mol. The van der Waals surface area contributed by atoms with Crippen molar-refractivity contribution in [2.45, 2.75) is 19.4 Å². The molecule has 0 aliphatic carbocycles. The molecule has 88 valence electrons. The lowest BCUT2D eigenvalue weighted by atomic mass is 10.1. The predicted molar refractivity (Wildman–Crippen MR) is 63.1 cm³/mol. The van der Waals surface area contributed by atoms with Crippen LogP contribution in [0.3, 0.4) is 0 Å². The van der Waals surface area contributed by atoms with E-state index in [1.165, 1.54) is 0 Å². The normalized spacial score (nSPS) is 11.9. The number of hydrogen-bond acceptors (Lipinski definition) is 2. The molecule has 1 aromatic carbocycles. The summed E-state index contributed by atoms with van der Waals surface area (Å²) in [6, 6.07) is 8.81. The molecule has 0 saturated heterocycles. The van der Waals surface area contributed by atoms with Crippen LogP contribution in [0.15, 0.2) is 30.3 Å². The van der Waals surface area contributed by atoms with Gasteiger partial charge in [0.15, 0.2) is 0 Å². The molecule has 4 heteroatoms. The van der Waals surface area contributed by atoms with Crippen LogP contribution in [0.2, 0.25) is 0 Å². The highest BCUT2D eigenvalue weighted by molar-refractivity contribution is 5.74. The fourth-order valence-electron chi connectivity index (χ4n) is 1.37. The highest BCUT2D eigenvalue weighted by Gasteiger charge is 2.12. The van der Waals surface area contributed by atoms with Crippen molar-refractivity contribution in [1.29, 1.82) is 0 Å². The summed E-state index contributed by atoms with van der Waals surface area (Å²) in [6.07, 6.45) is 0.891. The van der Waals surface area contributed by atoms with E-state index in [2.05, 4.69) is 10.6 Å². The molecule has 2 amide bonds. The van der Waals surface area contributed by atoms with Gasteiger partial charge in [-0.2, -0.15) is 0 Å². The van der Waals surface area contributed by atoms with Gasteiger partial charge in [0, 0.05) is 6.54 Å². The summed E-state index contributed by atoms with van der Waals surface area (Å²) in [4.78, 5) is 11.4. The van der Waals surface area contributed by atoms with Crippen LogP contribution in [0.25, 0.3) is 0 Å². The van der Waals surface area contributed by atoms with Crippen molar-refractivity contribution in [3.8, 4) is 0 Å². The van der Waals surface area contributed by atoms with Crippen LogP contribution in [0.4, 0.5) is 4.79 Å². The standard InChI is InChI=1S/C12H18N2O2/c1-2-8-13-12(16)14-11(9-15)10-6-4-3-5-7-10/h3-7,11,15H,2,8-9H2,1H3,(H2,13,14,16)/t11-/m0/s1. The maximum absolute atomic E-state index is 11.4. The number of nitrogens with one attached hydrogen (secondary N) is 2. The molecule has 0 unspecified atom stereocenters. The van der Waals surface area contributed by atoms with Crippen molar-refractivity contribution in [2.24, 2.45) is 0 Å². The maximum Gasteiger partial charge on any atom is 0.315 e. The Balaban J connectivity index is 2.52. The van der Waals surface area contributed by atoms with E-state index < -0.39 is 0 Å². The van der Waals surface area contributed by atoms with E-state index in [-0.39, 0.29) is 18.7 Å². The van der Waals surface area contributed by atoms with E-state index >= 15 is 0 Å². The van der Waals surface area contributed by atoms with Crippen molar-refractivity contribution in [1.82, 2.24) is 10.6 Å². The van der Waals surface area contributed by atoms with Gasteiger partial charge in [-0.1, -0.05) is 37.3 Å². The molecule has 1 rings (SSSR count). The second-order valence-corrected chi connectivity index (χ2v) is 3.55. The van der Waals surface area contributed by atoms with Crippen LogP contribution in [0.5, 0.6) is 0 Å². The number of urea groups is 1. The van der Waals surface area contributed by atoms with Crippen LogP contribution >= 0.6 is 0 Å². The van der Waals surface area contributed by atoms with Gasteiger partial charge < -0.3 is 15.7 Å². The molecule has 1 aromatic rings. The van der Waals surface area contributed by atoms with Crippen LogP contribution < -0.4 is 10.6 Å². The van der Waals surface area contributed by atoms with E-state index in [1.54, 1.807) is 0 Å². The quantitative estimate of drug-likeness (QED) is 0.705. The number of carbonyl (C=O) groups excluding carboxylic acids is 1. The molecule has 0 aliphatic rings. The summed E-state index contributed by atoms with van der Waals surface area (Å²) in [5.74, 6) is 0. The average Bonchev–Trinajstić information content (AvgIpc) is 2.34. The topological polar surface area (TPSA) is 61.4 Å². The monoisotopic (exact) mass is 222 g/mol. The molecule has 0 fully saturated rings. The molecule has 16 heavy (non-hydrogen) atoms. The number of benzene rings is 1. The minimum Gasteiger partial charge on any atom is -0.394 e. The molecule has 0 spiro atoms. The lowest BCUT2D eigenvalue weighted by molar-refractivity contribution is 0.217. The minimum absolute atomic E-state index is 0.108. The van der Waals surface area contributed by atoms with Gasteiger partial charge in [0.25, 0.3) is 0 Å². The molecule has 0 radical (unpaired) electrons. The summed E-state index contributed by atoms with van der Waals surface area (Å²) in [6.45, 7) is 2.52. The molecular formula is C12H18N2O2. The highest BCUT2D eigenvalue weighted by Crippen LogP contribution is 2.10. The minimum atomic E-state index is -0.349. The number of amides is 2. The molecule has 0 aromatic heterocycles. The summed E-state index contributed by atoms with van der Waals surface area (Å²) in [5, 5.41) is 14.6. The van der Waals surface area contributed by atoms with Gasteiger partial charge in [0.2, 0.25) is 0 Å². The molecule has 0 bridgehead atoms. The zero-order valence-corrected chi connectivity index (χ0v) is 9.44. The Labute approximate surface area is 95.7 Å². The molecule has 0 heterocycles. The Morgan fingerprint density at radius 3 is 2.62 bits per heavy atom. The first kappa shape index (κ1) is 12.5. The van der Waals surface area contributed by atoms with E-state index in [0.717, 1.165) is 12.0 Å². The third kappa shape index (κ3) is 3.90. The van der Waals surface area contributed by atoms with Crippen LogP contribution in [0.1, 0.15) is 24.9 Å². The van der Waals surface area contributed by atoms with Crippen molar-refractivity contribution in [2.75, 3.05) is 13.2 Å². The lowest BCUT2D eigenvalue weighted by Crippen LogP contribution is -2.39. The van der Waals surface area contributed by atoms with Gasteiger partial charge in [-0.15, -0.1) is 0 Å². The first-order chi connectivity index (χ1) is 7.77. The van der Waals surface area contributed by atoms with Gasteiger partial charge in [0.05, 0.1) is 12.6 Å². The van der Waals surface area contributed by atoms with E-state index in [9.17, 15) is 9.90 Å². The van der Waals surface area contributed by atoms with Crippen molar-refractivity contribution in [3.05, 3.63) is 35.9 Å². The third-order valence-electron chi connectivity index (χ3n) is 2.23. The summed E-state index contributed by atoms with van der Waals surface area (Å²) < 4.78 is 0. The number of rotatable bonds is 5. The summed E-state index contributed by atoms with van der Waals surface area (Å²) in [7, 11) is 0. The Hall–Kier alpha value is -1.55. The van der Waals surface area contributed by atoms with Crippen LogP contribution in [-0.2, 0) is 0 Å². The molecule has 0 saturated carbocycles. The van der Waals surface area contributed by atoms with E-state index in [4.69, 9.17) is 0 Å². The van der Waals surface area contributed by atoms with E-state index in [1.807, 2.05) is 37.3 Å². The Morgan fingerprint density at radius 2 is 2.06 bits per heavy atom. The third-order valence-corrected chi connectivity index (χ3v) is 2.23. The summed E-state index contributed by atoms with van der Waals surface area (Å²) in [5.41, 5.74) is 0.900. The van der Waals surface area contributed by atoms with Crippen LogP contribution in [0, 0.1) is 0 Å². The van der Waals surface area contributed by atoms with E-state index in [0.29, 0.717) is 6.54 Å². The number of aliphatic hydroxyl groups excluding tert-OH is 1. The Morgan fingerprint density at radius 1 is 1.38 bits per heavy atom. The number of hydrogen-bond donors (Lipinski definition) is 3. The van der Waals surface area contributed by atoms with Gasteiger partial charge in [0.1, 0.15) is 0 Å². The zero-order chi connectivity index (χ0) is 11.8. The second-order valence-electron chi connectivity index (χ2n) is 3.55. The molecule has 4 nitrogen and oxygen atoms in total. The molecular weight excluding hydrogens is 204 g/mol.